The number of hydrogen-bond acceptors (Lipinski definition) is 7. The first-order chi connectivity index (χ1) is 12.7. The first-order valence-corrected chi connectivity index (χ1v) is 9.39. The molecule has 4 rings (SSSR count). The number of benzene rings is 1. The third-order valence-electron chi connectivity index (χ3n) is 4.70. The minimum atomic E-state index is 0.136. The molecule has 0 radical (unpaired) electrons. The molecule has 0 spiro atoms. The molecule has 7 heteroatoms. The summed E-state index contributed by atoms with van der Waals surface area (Å²) in [6.45, 7) is 3.38. The van der Waals surface area contributed by atoms with Crippen molar-refractivity contribution in [3.8, 4) is 11.5 Å². The summed E-state index contributed by atoms with van der Waals surface area (Å²) in [5.41, 5.74) is 2.54. The van der Waals surface area contributed by atoms with Crippen molar-refractivity contribution in [3.05, 3.63) is 57.4 Å². The van der Waals surface area contributed by atoms with Gasteiger partial charge in [0.1, 0.15) is 0 Å². The van der Waals surface area contributed by atoms with Crippen LogP contribution in [0.1, 0.15) is 33.8 Å². The van der Waals surface area contributed by atoms with Crippen LogP contribution in [0.5, 0.6) is 11.5 Å². The molecule has 6 nitrogen and oxygen atoms in total. The van der Waals surface area contributed by atoms with Crippen molar-refractivity contribution in [2.45, 2.75) is 25.9 Å². The first kappa shape index (κ1) is 17.1. The van der Waals surface area contributed by atoms with Gasteiger partial charge in [0.2, 0.25) is 5.89 Å². The molecule has 0 aliphatic carbocycles. The smallest absolute Gasteiger partial charge is 0.223 e. The van der Waals surface area contributed by atoms with Gasteiger partial charge in [-0.2, -0.15) is 4.98 Å². The standard InChI is InChI=1S/C19H21N3O3S/c1-12-20-18(21-25-12)11-22-7-6-13-9-15(23-2)16(24-3)10-14(13)19(22)17-5-4-8-26-17/h4-5,8-10,19H,6-7,11H2,1-3H3. The Hall–Kier alpha value is -2.38. The fourth-order valence-corrected chi connectivity index (χ4v) is 4.41. The largest absolute Gasteiger partial charge is 0.493 e. The molecule has 2 aromatic heterocycles. The fourth-order valence-electron chi connectivity index (χ4n) is 3.54. The minimum Gasteiger partial charge on any atom is -0.493 e. The van der Waals surface area contributed by atoms with Crippen LogP contribution in [0.15, 0.2) is 34.2 Å². The SMILES string of the molecule is COc1cc2c(cc1OC)C(c1cccs1)N(Cc1noc(C)n1)CC2. The van der Waals surface area contributed by atoms with Gasteiger partial charge in [-0.05, 0) is 41.1 Å². The monoisotopic (exact) mass is 371 g/mol. The molecule has 3 heterocycles. The van der Waals surface area contributed by atoms with Crippen molar-refractivity contribution >= 4 is 11.3 Å². The summed E-state index contributed by atoms with van der Waals surface area (Å²) in [4.78, 5) is 8.06. The third kappa shape index (κ3) is 3.08. The van der Waals surface area contributed by atoms with Crippen LogP contribution < -0.4 is 9.47 Å². The second-order valence-corrected chi connectivity index (χ2v) is 7.25. The number of rotatable bonds is 5. The lowest BCUT2D eigenvalue weighted by molar-refractivity contribution is 0.198. The van der Waals surface area contributed by atoms with E-state index in [4.69, 9.17) is 14.0 Å². The Morgan fingerprint density at radius 1 is 1.27 bits per heavy atom. The maximum atomic E-state index is 5.55. The zero-order chi connectivity index (χ0) is 18.1. The maximum Gasteiger partial charge on any atom is 0.223 e. The van der Waals surface area contributed by atoms with Gasteiger partial charge in [-0.25, -0.2) is 0 Å². The van der Waals surface area contributed by atoms with Crippen molar-refractivity contribution in [2.24, 2.45) is 0 Å². The molecule has 3 aromatic rings. The lowest BCUT2D eigenvalue weighted by Crippen LogP contribution is -2.35. The lowest BCUT2D eigenvalue weighted by Gasteiger charge is -2.36. The number of methoxy groups -OCH3 is 2. The Morgan fingerprint density at radius 3 is 2.73 bits per heavy atom. The number of nitrogens with zero attached hydrogens (tertiary/aromatic N) is 3. The Labute approximate surface area is 156 Å². The van der Waals surface area contributed by atoms with Gasteiger partial charge in [0.05, 0.1) is 26.8 Å². The van der Waals surface area contributed by atoms with E-state index in [-0.39, 0.29) is 6.04 Å². The second kappa shape index (κ2) is 7.09. The van der Waals surface area contributed by atoms with Crippen LogP contribution in [0.4, 0.5) is 0 Å². The Balaban J connectivity index is 1.76. The van der Waals surface area contributed by atoms with Crippen LogP contribution in [0.25, 0.3) is 0 Å². The van der Waals surface area contributed by atoms with E-state index in [1.54, 1.807) is 25.6 Å². The molecular formula is C19H21N3O3S. The van der Waals surface area contributed by atoms with Crippen molar-refractivity contribution in [3.63, 3.8) is 0 Å². The fraction of sp³-hybridized carbons (Fsp3) is 0.368. The second-order valence-electron chi connectivity index (χ2n) is 6.27. The van der Waals surface area contributed by atoms with E-state index in [1.807, 2.05) is 6.92 Å². The molecule has 1 unspecified atom stereocenters. The van der Waals surface area contributed by atoms with E-state index >= 15 is 0 Å². The molecule has 0 bridgehead atoms. The Kier molecular flexibility index (Phi) is 4.65. The molecule has 0 amide bonds. The maximum absolute atomic E-state index is 5.55. The zero-order valence-electron chi connectivity index (χ0n) is 15.1. The molecule has 0 N–H and O–H groups in total. The molecule has 1 aliphatic rings. The van der Waals surface area contributed by atoms with Gasteiger partial charge in [-0.15, -0.1) is 11.3 Å². The van der Waals surface area contributed by atoms with E-state index in [1.165, 1.54) is 16.0 Å². The van der Waals surface area contributed by atoms with E-state index in [9.17, 15) is 0 Å². The quantitative estimate of drug-likeness (QED) is 0.683. The summed E-state index contributed by atoms with van der Waals surface area (Å²) in [5.74, 6) is 2.84. The summed E-state index contributed by atoms with van der Waals surface area (Å²) in [5, 5.41) is 6.19. The van der Waals surface area contributed by atoms with Crippen LogP contribution in [-0.4, -0.2) is 35.8 Å². The summed E-state index contributed by atoms with van der Waals surface area (Å²) in [7, 11) is 3.35. The average molecular weight is 371 g/mol. The van der Waals surface area contributed by atoms with E-state index in [0.717, 1.165) is 24.5 Å². The first-order valence-electron chi connectivity index (χ1n) is 8.51. The highest BCUT2D eigenvalue weighted by atomic mass is 32.1. The predicted octanol–water partition coefficient (Wildman–Crippen LogP) is 3.60. The zero-order valence-corrected chi connectivity index (χ0v) is 15.9. The highest BCUT2D eigenvalue weighted by Gasteiger charge is 2.31. The van der Waals surface area contributed by atoms with Crippen molar-refractivity contribution in [1.82, 2.24) is 15.0 Å². The number of fused-ring (bicyclic) bond motifs is 1. The molecular weight excluding hydrogens is 350 g/mol. The number of ether oxygens (including phenoxy) is 2. The lowest BCUT2D eigenvalue weighted by atomic mass is 9.91. The van der Waals surface area contributed by atoms with E-state index < -0.39 is 0 Å². The molecule has 0 saturated heterocycles. The number of thiophene rings is 1. The van der Waals surface area contributed by atoms with Gasteiger partial charge in [0.15, 0.2) is 17.3 Å². The summed E-state index contributed by atoms with van der Waals surface area (Å²) >= 11 is 1.76. The Bertz CT molecular complexity index is 892. The van der Waals surface area contributed by atoms with Gasteiger partial charge < -0.3 is 14.0 Å². The van der Waals surface area contributed by atoms with E-state index in [2.05, 4.69) is 44.7 Å². The molecule has 26 heavy (non-hydrogen) atoms. The summed E-state index contributed by atoms with van der Waals surface area (Å²) in [6, 6.07) is 8.61. The molecule has 136 valence electrons. The van der Waals surface area contributed by atoms with Crippen LogP contribution in [0.3, 0.4) is 0 Å². The molecule has 1 atom stereocenters. The highest BCUT2D eigenvalue weighted by molar-refractivity contribution is 7.10. The highest BCUT2D eigenvalue weighted by Crippen LogP contribution is 2.42. The number of hydrogen-bond donors (Lipinski definition) is 0. The number of aryl methyl sites for hydroxylation is 1. The van der Waals surface area contributed by atoms with Crippen LogP contribution in [0, 0.1) is 6.92 Å². The van der Waals surface area contributed by atoms with Crippen molar-refractivity contribution in [2.75, 3.05) is 20.8 Å². The normalized spacial score (nSPS) is 17.1. The topological polar surface area (TPSA) is 60.6 Å². The van der Waals surface area contributed by atoms with Gasteiger partial charge in [-0.3, -0.25) is 4.90 Å². The minimum absolute atomic E-state index is 0.136. The van der Waals surface area contributed by atoms with Gasteiger partial charge >= 0.3 is 0 Å². The molecule has 1 aromatic carbocycles. The van der Waals surface area contributed by atoms with Gasteiger partial charge in [0.25, 0.3) is 0 Å². The molecule has 1 aliphatic heterocycles. The van der Waals surface area contributed by atoms with Crippen molar-refractivity contribution < 1.29 is 14.0 Å². The van der Waals surface area contributed by atoms with Gasteiger partial charge in [0, 0.05) is 18.3 Å². The van der Waals surface area contributed by atoms with Crippen LogP contribution in [-0.2, 0) is 13.0 Å². The van der Waals surface area contributed by atoms with Crippen molar-refractivity contribution in [1.29, 1.82) is 0 Å². The molecule has 0 saturated carbocycles. The summed E-state index contributed by atoms with van der Waals surface area (Å²) < 4.78 is 16.2. The average Bonchev–Trinajstić information content (AvgIpc) is 3.32. The molecule has 0 fully saturated rings. The summed E-state index contributed by atoms with van der Waals surface area (Å²) in [6.07, 6.45) is 0.939. The van der Waals surface area contributed by atoms with Gasteiger partial charge in [-0.1, -0.05) is 11.2 Å². The van der Waals surface area contributed by atoms with Crippen LogP contribution in [0.2, 0.25) is 0 Å². The Morgan fingerprint density at radius 2 is 2.08 bits per heavy atom. The third-order valence-corrected chi connectivity index (χ3v) is 5.63. The van der Waals surface area contributed by atoms with Crippen LogP contribution >= 0.6 is 11.3 Å². The number of aromatic nitrogens is 2. The van der Waals surface area contributed by atoms with E-state index in [0.29, 0.717) is 18.3 Å². The predicted molar refractivity (Wildman–Crippen MR) is 98.9 cm³/mol.